The number of ether oxygens (including phenoxy) is 1. The van der Waals surface area contributed by atoms with Crippen molar-refractivity contribution in [2.75, 3.05) is 12.8 Å². The highest BCUT2D eigenvalue weighted by molar-refractivity contribution is 5.52. The first-order valence-corrected chi connectivity index (χ1v) is 5.23. The molecule has 4 N–H and O–H groups in total. The van der Waals surface area contributed by atoms with Crippen molar-refractivity contribution < 1.29 is 4.74 Å². The number of methoxy groups -OCH3 is 1. The van der Waals surface area contributed by atoms with Crippen molar-refractivity contribution in [2.45, 2.75) is 26.3 Å². The summed E-state index contributed by atoms with van der Waals surface area (Å²) >= 11 is 0. The maximum Gasteiger partial charge on any atom is 0.119 e. The van der Waals surface area contributed by atoms with Crippen LogP contribution in [0, 0.1) is 5.92 Å². The lowest BCUT2D eigenvalue weighted by atomic mass is 9.96. The molecule has 0 spiro atoms. The standard InChI is InChI=1S/C12H20N2O/c1-8(2)6-12(14)10-7-9(15-3)4-5-11(10)13/h4-5,7-8,12H,6,13-14H2,1-3H3. The Morgan fingerprint density at radius 2 is 2.00 bits per heavy atom. The Morgan fingerprint density at radius 3 is 2.53 bits per heavy atom. The molecule has 1 aromatic carbocycles. The van der Waals surface area contributed by atoms with Gasteiger partial charge in [-0.25, -0.2) is 0 Å². The van der Waals surface area contributed by atoms with Gasteiger partial charge in [0.15, 0.2) is 0 Å². The van der Waals surface area contributed by atoms with Crippen LogP contribution in [0.25, 0.3) is 0 Å². The minimum absolute atomic E-state index is 0.0138. The van der Waals surface area contributed by atoms with E-state index in [9.17, 15) is 0 Å². The van der Waals surface area contributed by atoms with Crippen LogP contribution in [0.4, 0.5) is 5.69 Å². The molecule has 84 valence electrons. The highest BCUT2D eigenvalue weighted by atomic mass is 16.5. The van der Waals surface area contributed by atoms with E-state index in [2.05, 4.69) is 13.8 Å². The number of benzene rings is 1. The van der Waals surface area contributed by atoms with Crippen molar-refractivity contribution in [3.8, 4) is 5.75 Å². The molecular formula is C12H20N2O. The minimum Gasteiger partial charge on any atom is -0.497 e. The third kappa shape index (κ3) is 3.13. The molecule has 0 saturated heterocycles. The van der Waals surface area contributed by atoms with Crippen LogP contribution in [0.5, 0.6) is 5.75 Å². The SMILES string of the molecule is COc1ccc(N)c(C(N)CC(C)C)c1. The molecule has 0 radical (unpaired) electrons. The molecule has 0 saturated carbocycles. The Labute approximate surface area is 91.4 Å². The lowest BCUT2D eigenvalue weighted by molar-refractivity contribution is 0.413. The monoisotopic (exact) mass is 208 g/mol. The number of anilines is 1. The minimum atomic E-state index is -0.0138. The molecule has 3 nitrogen and oxygen atoms in total. The van der Waals surface area contributed by atoms with Crippen LogP contribution in [0.1, 0.15) is 31.9 Å². The molecule has 0 heterocycles. The molecule has 1 atom stereocenters. The van der Waals surface area contributed by atoms with Crippen molar-refractivity contribution in [3.05, 3.63) is 23.8 Å². The summed E-state index contributed by atoms with van der Waals surface area (Å²) in [6.45, 7) is 4.30. The fourth-order valence-electron chi connectivity index (χ4n) is 1.64. The molecule has 0 aromatic heterocycles. The maximum absolute atomic E-state index is 6.08. The van der Waals surface area contributed by atoms with Gasteiger partial charge < -0.3 is 16.2 Å². The fourth-order valence-corrected chi connectivity index (χ4v) is 1.64. The zero-order chi connectivity index (χ0) is 11.4. The van der Waals surface area contributed by atoms with Crippen molar-refractivity contribution in [2.24, 2.45) is 11.7 Å². The average molecular weight is 208 g/mol. The van der Waals surface area contributed by atoms with Gasteiger partial charge in [-0.05, 0) is 36.1 Å². The van der Waals surface area contributed by atoms with Crippen molar-refractivity contribution >= 4 is 5.69 Å². The van der Waals surface area contributed by atoms with Crippen LogP contribution in [-0.2, 0) is 0 Å². The Kier molecular flexibility index (Phi) is 3.97. The normalized spacial score (nSPS) is 12.9. The first-order chi connectivity index (χ1) is 7.04. The Morgan fingerprint density at radius 1 is 1.33 bits per heavy atom. The van der Waals surface area contributed by atoms with Gasteiger partial charge in [0, 0.05) is 11.7 Å². The summed E-state index contributed by atoms with van der Waals surface area (Å²) in [7, 11) is 1.64. The van der Waals surface area contributed by atoms with Crippen molar-refractivity contribution in [1.82, 2.24) is 0 Å². The fraction of sp³-hybridized carbons (Fsp3) is 0.500. The van der Waals surface area contributed by atoms with Gasteiger partial charge in [0.05, 0.1) is 7.11 Å². The summed E-state index contributed by atoms with van der Waals surface area (Å²) < 4.78 is 5.15. The molecule has 0 aliphatic heterocycles. The van der Waals surface area contributed by atoms with E-state index >= 15 is 0 Å². The lowest BCUT2D eigenvalue weighted by Gasteiger charge is -2.17. The smallest absolute Gasteiger partial charge is 0.119 e. The van der Waals surface area contributed by atoms with E-state index in [0.717, 1.165) is 23.4 Å². The predicted molar refractivity (Wildman–Crippen MR) is 63.8 cm³/mol. The van der Waals surface area contributed by atoms with E-state index in [-0.39, 0.29) is 6.04 Å². The molecule has 1 aromatic rings. The number of hydrogen-bond donors (Lipinski definition) is 2. The molecular weight excluding hydrogens is 188 g/mol. The predicted octanol–water partition coefficient (Wildman–Crippen LogP) is 2.32. The third-order valence-electron chi connectivity index (χ3n) is 2.42. The Balaban J connectivity index is 2.91. The molecule has 1 rings (SSSR count). The summed E-state index contributed by atoms with van der Waals surface area (Å²) in [5.74, 6) is 1.36. The van der Waals surface area contributed by atoms with Gasteiger partial charge in [-0.15, -0.1) is 0 Å². The van der Waals surface area contributed by atoms with Gasteiger partial charge in [0.25, 0.3) is 0 Å². The van der Waals surface area contributed by atoms with E-state index in [1.807, 2.05) is 18.2 Å². The van der Waals surface area contributed by atoms with Crippen molar-refractivity contribution in [1.29, 1.82) is 0 Å². The van der Waals surface area contributed by atoms with Crippen LogP contribution in [0.2, 0.25) is 0 Å². The zero-order valence-corrected chi connectivity index (χ0v) is 9.66. The van der Waals surface area contributed by atoms with E-state index < -0.39 is 0 Å². The summed E-state index contributed by atoms with van der Waals surface area (Å²) in [6, 6.07) is 5.59. The third-order valence-corrected chi connectivity index (χ3v) is 2.42. The van der Waals surface area contributed by atoms with Gasteiger partial charge in [0.2, 0.25) is 0 Å². The molecule has 0 aliphatic carbocycles. The molecule has 0 bridgehead atoms. The lowest BCUT2D eigenvalue weighted by Crippen LogP contribution is -2.14. The maximum atomic E-state index is 6.08. The average Bonchev–Trinajstić information content (AvgIpc) is 2.17. The van der Waals surface area contributed by atoms with E-state index in [4.69, 9.17) is 16.2 Å². The highest BCUT2D eigenvalue weighted by Crippen LogP contribution is 2.27. The van der Waals surface area contributed by atoms with E-state index in [1.165, 1.54) is 0 Å². The van der Waals surface area contributed by atoms with Crippen LogP contribution in [0.3, 0.4) is 0 Å². The first-order valence-electron chi connectivity index (χ1n) is 5.23. The summed E-state index contributed by atoms with van der Waals surface area (Å²) in [4.78, 5) is 0. The van der Waals surface area contributed by atoms with Gasteiger partial charge in [-0.3, -0.25) is 0 Å². The van der Waals surface area contributed by atoms with E-state index in [0.29, 0.717) is 5.92 Å². The van der Waals surface area contributed by atoms with Gasteiger partial charge in [-0.1, -0.05) is 13.8 Å². The molecule has 1 unspecified atom stereocenters. The van der Waals surface area contributed by atoms with Crippen LogP contribution < -0.4 is 16.2 Å². The Hall–Kier alpha value is -1.22. The molecule has 0 amide bonds. The molecule has 0 fully saturated rings. The second-order valence-electron chi connectivity index (χ2n) is 4.23. The van der Waals surface area contributed by atoms with E-state index in [1.54, 1.807) is 7.11 Å². The number of nitrogens with two attached hydrogens (primary N) is 2. The summed E-state index contributed by atoms with van der Waals surface area (Å²) in [6.07, 6.45) is 0.928. The van der Waals surface area contributed by atoms with Gasteiger partial charge in [-0.2, -0.15) is 0 Å². The number of rotatable bonds is 4. The van der Waals surface area contributed by atoms with Crippen LogP contribution in [-0.4, -0.2) is 7.11 Å². The molecule has 3 heteroatoms. The summed E-state index contributed by atoms with van der Waals surface area (Å²) in [5.41, 5.74) is 13.7. The summed E-state index contributed by atoms with van der Waals surface area (Å²) in [5, 5.41) is 0. The number of nitrogen functional groups attached to an aromatic ring is 1. The first kappa shape index (κ1) is 11.9. The number of hydrogen-bond acceptors (Lipinski definition) is 3. The zero-order valence-electron chi connectivity index (χ0n) is 9.66. The second-order valence-corrected chi connectivity index (χ2v) is 4.23. The quantitative estimate of drug-likeness (QED) is 0.746. The van der Waals surface area contributed by atoms with Crippen LogP contribution in [0.15, 0.2) is 18.2 Å². The largest absolute Gasteiger partial charge is 0.497 e. The van der Waals surface area contributed by atoms with Gasteiger partial charge in [0.1, 0.15) is 5.75 Å². The second kappa shape index (κ2) is 5.03. The van der Waals surface area contributed by atoms with Gasteiger partial charge >= 0.3 is 0 Å². The topological polar surface area (TPSA) is 61.3 Å². The Bertz CT molecular complexity index is 323. The van der Waals surface area contributed by atoms with Crippen LogP contribution >= 0.6 is 0 Å². The highest BCUT2D eigenvalue weighted by Gasteiger charge is 2.12. The van der Waals surface area contributed by atoms with Crippen molar-refractivity contribution in [3.63, 3.8) is 0 Å². The molecule has 15 heavy (non-hydrogen) atoms. The molecule has 0 aliphatic rings.